The molecule has 158 valence electrons. The number of hydrogen-bond acceptors (Lipinski definition) is 4. The molecule has 1 aliphatic rings. The highest BCUT2D eigenvalue weighted by atomic mass is 35.5. The maximum absolute atomic E-state index is 13.5. The summed E-state index contributed by atoms with van der Waals surface area (Å²) in [5, 5.41) is 1.33. The Hall–Kier alpha value is -1.95. The van der Waals surface area contributed by atoms with E-state index in [1.807, 2.05) is 43.3 Å². The fraction of sp³-hybridized carbons (Fsp3) is 0.417. The Labute approximate surface area is 186 Å². The van der Waals surface area contributed by atoms with Gasteiger partial charge in [-0.2, -0.15) is 0 Å². The number of carbonyl (C=O) groups excluding carboxylic acids is 1. The largest absolute Gasteiger partial charge is 0.376 e. The highest BCUT2D eigenvalue weighted by Gasteiger charge is 2.28. The number of hydrogen-bond donors (Lipinski definition) is 0. The molecule has 1 unspecified atom stereocenters. The maximum Gasteiger partial charge on any atom is 0.260 e. The van der Waals surface area contributed by atoms with Gasteiger partial charge >= 0.3 is 0 Å². The van der Waals surface area contributed by atoms with Gasteiger partial charge in [-0.1, -0.05) is 61.9 Å². The Bertz CT molecular complexity index is 1020. The van der Waals surface area contributed by atoms with Crippen LogP contribution in [-0.4, -0.2) is 30.1 Å². The van der Waals surface area contributed by atoms with E-state index in [1.165, 1.54) is 16.9 Å². The van der Waals surface area contributed by atoms with Gasteiger partial charge in [0.15, 0.2) is 5.13 Å². The minimum Gasteiger partial charge on any atom is -0.376 e. The standard InChI is InChI=1S/C24H27ClN2O2S/c1-15-7-12-19(25)21-20(15)26-23(30-21)27(14-18-6-5-13-29-18)22(28)16-8-10-17(11-9-16)24(2,3)4/h7-12,18H,5-6,13-14H2,1-4H3. The lowest BCUT2D eigenvalue weighted by molar-refractivity contribution is 0.0917. The first kappa shape index (κ1) is 21.3. The Morgan fingerprint density at radius 3 is 2.57 bits per heavy atom. The summed E-state index contributed by atoms with van der Waals surface area (Å²) in [7, 11) is 0. The predicted molar refractivity (Wildman–Crippen MR) is 125 cm³/mol. The van der Waals surface area contributed by atoms with Crippen molar-refractivity contribution in [2.75, 3.05) is 18.1 Å². The van der Waals surface area contributed by atoms with E-state index in [-0.39, 0.29) is 17.4 Å². The molecule has 0 N–H and O–H groups in total. The molecule has 0 aliphatic carbocycles. The number of aromatic nitrogens is 1. The van der Waals surface area contributed by atoms with Gasteiger partial charge < -0.3 is 4.74 Å². The fourth-order valence-corrected chi connectivity index (χ4v) is 5.04. The van der Waals surface area contributed by atoms with E-state index in [4.69, 9.17) is 21.3 Å². The molecule has 1 fully saturated rings. The molecule has 4 rings (SSSR count). The van der Waals surface area contributed by atoms with Crippen molar-refractivity contribution in [3.63, 3.8) is 0 Å². The van der Waals surface area contributed by atoms with Crippen molar-refractivity contribution in [3.05, 3.63) is 58.1 Å². The van der Waals surface area contributed by atoms with E-state index in [0.717, 1.165) is 35.2 Å². The number of anilines is 1. The second-order valence-electron chi connectivity index (χ2n) is 8.92. The quantitative estimate of drug-likeness (QED) is 0.470. The highest BCUT2D eigenvalue weighted by molar-refractivity contribution is 7.23. The number of ether oxygens (including phenoxy) is 1. The summed E-state index contributed by atoms with van der Waals surface area (Å²) in [6, 6.07) is 11.8. The second kappa shape index (κ2) is 8.29. The van der Waals surface area contributed by atoms with Gasteiger partial charge in [-0.25, -0.2) is 4.98 Å². The van der Waals surface area contributed by atoms with E-state index in [9.17, 15) is 4.79 Å². The molecule has 1 saturated heterocycles. The Kier molecular flexibility index (Phi) is 5.88. The number of carbonyl (C=O) groups is 1. The van der Waals surface area contributed by atoms with E-state index in [1.54, 1.807) is 4.90 Å². The topological polar surface area (TPSA) is 42.4 Å². The minimum atomic E-state index is -0.0567. The van der Waals surface area contributed by atoms with Crippen LogP contribution in [0.4, 0.5) is 5.13 Å². The summed E-state index contributed by atoms with van der Waals surface area (Å²) in [4.78, 5) is 20.1. The van der Waals surface area contributed by atoms with Crippen LogP contribution in [0.15, 0.2) is 36.4 Å². The molecule has 2 heterocycles. The summed E-state index contributed by atoms with van der Waals surface area (Å²) in [6.07, 6.45) is 2.02. The van der Waals surface area contributed by atoms with Crippen LogP contribution in [0, 0.1) is 6.92 Å². The summed E-state index contributed by atoms with van der Waals surface area (Å²) in [6.45, 7) is 9.76. The molecule has 1 aromatic heterocycles. The molecule has 1 amide bonds. The zero-order chi connectivity index (χ0) is 21.5. The van der Waals surface area contributed by atoms with Crippen molar-refractivity contribution in [1.29, 1.82) is 0 Å². The van der Waals surface area contributed by atoms with Gasteiger partial charge in [0.05, 0.1) is 27.9 Å². The molecule has 4 nitrogen and oxygen atoms in total. The zero-order valence-corrected chi connectivity index (χ0v) is 19.4. The number of benzene rings is 2. The number of rotatable bonds is 4. The Morgan fingerprint density at radius 2 is 1.97 bits per heavy atom. The van der Waals surface area contributed by atoms with E-state index >= 15 is 0 Å². The molecule has 0 spiro atoms. The molecule has 0 bridgehead atoms. The summed E-state index contributed by atoms with van der Waals surface area (Å²) < 4.78 is 6.75. The molecule has 0 radical (unpaired) electrons. The lowest BCUT2D eigenvalue weighted by Crippen LogP contribution is -2.37. The first-order chi connectivity index (χ1) is 14.2. The van der Waals surface area contributed by atoms with Crippen LogP contribution >= 0.6 is 22.9 Å². The zero-order valence-electron chi connectivity index (χ0n) is 17.9. The van der Waals surface area contributed by atoms with Crippen LogP contribution in [0.5, 0.6) is 0 Å². The molecule has 3 aromatic rings. The lowest BCUT2D eigenvalue weighted by atomic mass is 9.86. The van der Waals surface area contributed by atoms with Crippen molar-refractivity contribution < 1.29 is 9.53 Å². The summed E-state index contributed by atoms with van der Waals surface area (Å²) in [5.74, 6) is -0.0567. The van der Waals surface area contributed by atoms with Crippen molar-refractivity contribution in [2.45, 2.75) is 52.1 Å². The van der Waals surface area contributed by atoms with Gasteiger partial charge in [0.2, 0.25) is 0 Å². The van der Waals surface area contributed by atoms with Gasteiger partial charge in [-0.15, -0.1) is 0 Å². The number of amides is 1. The average molecular weight is 443 g/mol. The molecule has 2 aromatic carbocycles. The van der Waals surface area contributed by atoms with Crippen molar-refractivity contribution in [2.24, 2.45) is 0 Å². The van der Waals surface area contributed by atoms with Crippen molar-refractivity contribution in [1.82, 2.24) is 4.98 Å². The van der Waals surface area contributed by atoms with Gasteiger partial charge in [0, 0.05) is 12.2 Å². The number of aryl methyl sites for hydroxylation is 1. The Morgan fingerprint density at radius 1 is 1.23 bits per heavy atom. The number of halogens is 1. The monoisotopic (exact) mass is 442 g/mol. The van der Waals surface area contributed by atoms with Crippen LogP contribution in [0.1, 0.15) is 55.1 Å². The van der Waals surface area contributed by atoms with Gasteiger partial charge in [0.25, 0.3) is 5.91 Å². The lowest BCUT2D eigenvalue weighted by Gasteiger charge is -2.24. The minimum absolute atomic E-state index is 0.0337. The third kappa shape index (κ3) is 4.25. The molecular formula is C24H27ClN2O2S. The third-order valence-corrected chi connectivity index (χ3v) is 7.11. The smallest absolute Gasteiger partial charge is 0.260 e. The first-order valence-corrected chi connectivity index (χ1v) is 11.5. The van der Waals surface area contributed by atoms with Crippen molar-refractivity contribution >= 4 is 44.2 Å². The molecular weight excluding hydrogens is 416 g/mol. The normalized spacial score (nSPS) is 16.9. The summed E-state index contributed by atoms with van der Waals surface area (Å²) >= 11 is 7.88. The third-order valence-electron chi connectivity index (χ3n) is 5.57. The molecule has 6 heteroatoms. The van der Waals surface area contributed by atoms with Crippen LogP contribution in [0.25, 0.3) is 10.2 Å². The van der Waals surface area contributed by atoms with Crippen LogP contribution in [-0.2, 0) is 10.2 Å². The van der Waals surface area contributed by atoms with E-state index in [0.29, 0.717) is 22.3 Å². The molecule has 0 saturated carbocycles. The fourth-order valence-electron chi connectivity index (χ4n) is 3.71. The van der Waals surface area contributed by atoms with Crippen LogP contribution in [0.2, 0.25) is 5.02 Å². The number of nitrogens with zero attached hydrogens (tertiary/aromatic N) is 2. The van der Waals surface area contributed by atoms with Gasteiger partial charge in [-0.3, -0.25) is 9.69 Å². The molecule has 1 atom stereocenters. The Balaban J connectivity index is 1.72. The number of fused-ring (bicyclic) bond motifs is 1. The number of thiazole rings is 1. The predicted octanol–water partition coefficient (Wildman–Crippen LogP) is 6.38. The molecule has 30 heavy (non-hydrogen) atoms. The SMILES string of the molecule is Cc1ccc(Cl)c2sc(N(CC3CCCO3)C(=O)c3ccc(C(C)(C)C)cc3)nc12. The van der Waals surface area contributed by atoms with E-state index in [2.05, 4.69) is 20.8 Å². The van der Waals surface area contributed by atoms with Crippen LogP contribution in [0.3, 0.4) is 0 Å². The highest BCUT2D eigenvalue weighted by Crippen LogP contribution is 2.36. The van der Waals surface area contributed by atoms with Crippen LogP contribution < -0.4 is 4.90 Å². The second-order valence-corrected chi connectivity index (χ2v) is 10.3. The van der Waals surface area contributed by atoms with Gasteiger partial charge in [-0.05, 0) is 54.5 Å². The maximum atomic E-state index is 13.5. The first-order valence-electron chi connectivity index (χ1n) is 10.3. The van der Waals surface area contributed by atoms with Gasteiger partial charge in [0.1, 0.15) is 0 Å². The molecule has 1 aliphatic heterocycles. The average Bonchev–Trinajstić information content (AvgIpc) is 3.38. The van der Waals surface area contributed by atoms with Crippen molar-refractivity contribution in [3.8, 4) is 0 Å². The summed E-state index contributed by atoms with van der Waals surface area (Å²) in [5.41, 5.74) is 3.81. The van der Waals surface area contributed by atoms with E-state index < -0.39 is 0 Å².